The molecule has 1 saturated heterocycles. The molecule has 104 valence electrons. The molecule has 0 aromatic carbocycles. The van der Waals surface area contributed by atoms with Gasteiger partial charge in [0.2, 0.25) is 5.91 Å². The van der Waals surface area contributed by atoms with E-state index in [9.17, 15) is 9.59 Å². The van der Waals surface area contributed by atoms with Gasteiger partial charge in [0.1, 0.15) is 6.54 Å². The van der Waals surface area contributed by atoms with Crippen molar-refractivity contribution in [2.45, 2.75) is 46.3 Å². The van der Waals surface area contributed by atoms with Gasteiger partial charge in [-0.2, -0.15) is 0 Å². The van der Waals surface area contributed by atoms with Crippen LogP contribution in [-0.2, 0) is 14.3 Å². The Balaban J connectivity index is 2.78. The van der Waals surface area contributed by atoms with Crippen LogP contribution in [0.2, 0.25) is 0 Å². The monoisotopic (exact) mass is 257 g/mol. The fourth-order valence-corrected chi connectivity index (χ4v) is 2.60. The maximum atomic E-state index is 12.4. The van der Waals surface area contributed by atoms with E-state index < -0.39 is 5.97 Å². The summed E-state index contributed by atoms with van der Waals surface area (Å²) in [5, 5.41) is 8.86. The summed E-state index contributed by atoms with van der Waals surface area (Å²) in [5.41, 5.74) is 0. The van der Waals surface area contributed by atoms with Gasteiger partial charge in [-0.05, 0) is 26.2 Å². The third-order valence-corrected chi connectivity index (χ3v) is 3.66. The quantitative estimate of drug-likeness (QED) is 0.807. The SMILES string of the molecule is CCCN(CC(=O)O)C(=O)C1C(C)OC(C)C1C. The Kier molecular flexibility index (Phi) is 5.14. The minimum absolute atomic E-state index is 0.0438. The summed E-state index contributed by atoms with van der Waals surface area (Å²) < 4.78 is 5.65. The van der Waals surface area contributed by atoms with Gasteiger partial charge in [-0.25, -0.2) is 0 Å². The molecule has 0 bridgehead atoms. The highest BCUT2D eigenvalue weighted by Crippen LogP contribution is 2.33. The number of carbonyl (C=O) groups excluding carboxylic acids is 1. The second kappa shape index (κ2) is 6.18. The first-order valence-electron chi connectivity index (χ1n) is 6.54. The number of aliphatic carboxylic acids is 1. The minimum Gasteiger partial charge on any atom is -0.480 e. The lowest BCUT2D eigenvalue weighted by Gasteiger charge is -2.26. The summed E-state index contributed by atoms with van der Waals surface area (Å²) >= 11 is 0. The number of carbonyl (C=O) groups is 2. The fourth-order valence-electron chi connectivity index (χ4n) is 2.60. The molecule has 1 amide bonds. The van der Waals surface area contributed by atoms with E-state index in [1.165, 1.54) is 4.90 Å². The second-order valence-corrected chi connectivity index (χ2v) is 5.08. The minimum atomic E-state index is -0.968. The van der Waals surface area contributed by atoms with Gasteiger partial charge in [0.05, 0.1) is 18.1 Å². The Morgan fingerprint density at radius 3 is 2.22 bits per heavy atom. The van der Waals surface area contributed by atoms with Crippen molar-refractivity contribution in [2.24, 2.45) is 11.8 Å². The summed E-state index contributed by atoms with van der Waals surface area (Å²) in [6.45, 7) is 8.01. The van der Waals surface area contributed by atoms with Crippen molar-refractivity contribution in [1.82, 2.24) is 4.90 Å². The zero-order valence-corrected chi connectivity index (χ0v) is 11.5. The maximum absolute atomic E-state index is 12.4. The number of carboxylic acid groups (broad SMARTS) is 1. The highest BCUT2D eigenvalue weighted by Gasteiger charge is 2.43. The molecule has 1 N–H and O–H groups in total. The molecule has 4 atom stereocenters. The summed E-state index contributed by atoms with van der Waals surface area (Å²) in [6, 6.07) is 0. The van der Waals surface area contributed by atoms with Crippen molar-refractivity contribution in [1.29, 1.82) is 0 Å². The number of amides is 1. The van der Waals surface area contributed by atoms with Crippen molar-refractivity contribution in [3.63, 3.8) is 0 Å². The van der Waals surface area contributed by atoms with Gasteiger partial charge in [0, 0.05) is 6.54 Å². The molecule has 0 aliphatic carbocycles. The molecule has 1 aliphatic rings. The molecular weight excluding hydrogens is 234 g/mol. The molecule has 0 aromatic rings. The first-order valence-corrected chi connectivity index (χ1v) is 6.54. The molecule has 1 fully saturated rings. The predicted octanol–water partition coefficient (Wildman–Crippen LogP) is 1.37. The molecule has 0 saturated carbocycles. The average molecular weight is 257 g/mol. The van der Waals surface area contributed by atoms with Crippen molar-refractivity contribution >= 4 is 11.9 Å². The van der Waals surface area contributed by atoms with E-state index in [2.05, 4.69) is 0 Å². The molecule has 0 spiro atoms. The van der Waals surface area contributed by atoms with Gasteiger partial charge < -0.3 is 14.7 Å². The van der Waals surface area contributed by atoms with Crippen LogP contribution in [0.5, 0.6) is 0 Å². The van der Waals surface area contributed by atoms with E-state index in [-0.39, 0.29) is 36.5 Å². The van der Waals surface area contributed by atoms with Crippen molar-refractivity contribution in [3.8, 4) is 0 Å². The van der Waals surface area contributed by atoms with Crippen LogP contribution in [0.15, 0.2) is 0 Å². The molecule has 18 heavy (non-hydrogen) atoms. The standard InChI is InChI=1S/C13H23NO4/c1-5-6-14(7-11(15)16)13(17)12-8(2)9(3)18-10(12)4/h8-10,12H,5-7H2,1-4H3,(H,15,16). The first-order chi connectivity index (χ1) is 8.38. The molecule has 0 aromatic heterocycles. The third kappa shape index (κ3) is 3.22. The van der Waals surface area contributed by atoms with Crippen LogP contribution < -0.4 is 0 Å². The maximum Gasteiger partial charge on any atom is 0.323 e. The summed E-state index contributed by atoms with van der Waals surface area (Å²) in [6.07, 6.45) is 0.656. The highest BCUT2D eigenvalue weighted by atomic mass is 16.5. The molecule has 5 heteroatoms. The van der Waals surface area contributed by atoms with E-state index in [1.54, 1.807) is 0 Å². The molecule has 4 unspecified atom stereocenters. The van der Waals surface area contributed by atoms with Crippen LogP contribution in [0.25, 0.3) is 0 Å². The van der Waals surface area contributed by atoms with Crippen molar-refractivity contribution in [2.75, 3.05) is 13.1 Å². The average Bonchev–Trinajstić information content (AvgIpc) is 2.51. The lowest BCUT2D eigenvalue weighted by Crippen LogP contribution is -2.43. The van der Waals surface area contributed by atoms with E-state index in [1.807, 2.05) is 27.7 Å². The van der Waals surface area contributed by atoms with Crippen LogP contribution in [-0.4, -0.2) is 47.2 Å². The van der Waals surface area contributed by atoms with Gasteiger partial charge in [-0.1, -0.05) is 13.8 Å². The Bertz CT molecular complexity index is 318. The van der Waals surface area contributed by atoms with Crippen LogP contribution in [0.1, 0.15) is 34.1 Å². The van der Waals surface area contributed by atoms with Crippen LogP contribution >= 0.6 is 0 Å². The highest BCUT2D eigenvalue weighted by molar-refractivity contribution is 5.84. The zero-order valence-electron chi connectivity index (χ0n) is 11.5. The van der Waals surface area contributed by atoms with Crippen LogP contribution in [0, 0.1) is 11.8 Å². The Labute approximate surface area is 108 Å². The summed E-state index contributed by atoms with van der Waals surface area (Å²) in [5.74, 6) is -1.17. The molecular formula is C13H23NO4. The molecule has 1 heterocycles. The number of ether oxygens (including phenoxy) is 1. The van der Waals surface area contributed by atoms with Gasteiger partial charge in [0.15, 0.2) is 0 Å². The largest absolute Gasteiger partial charge is 0.480 e. The summed E-state index contributed by atoms with van der Waals surface area (Å²) in [7, 11) is 0. The lowest BCUT2D eigenvalue weighted by atomic mass is 9.88. The number of hydrogen-bond donors (Lipinski definition) is 1. The number of carboxylic acids is 1. The second-order valence-electron chi connectivity index (χ2n) is 5.08. The van der Waals surface area contributed by atoms with Gasteiger partial charge in [-0.3, -0.25) is 9.59 Å². The van der Waals surface area contributed by atoms with Crippen LogP contribution in [0.4, 0.5) is 0 Å². The Morgan fingerprint density at radius 1 is 1.22 bits per heavy atom. The molecule has 1 aliphatic heterocycles. The molecule has 0 radical (unpaired) electrons. The first kappa shape index (κ1) is 15.0. The van der Waals surface area contributed by atoms with Gasteiger partial charge in [-0.15, -0.1) is 0 Å². The summed E-state index contributed by atoms with van der Waals surface area (Å²) in [4.78, 5) is 24.7. The number of rotatable bonds is 5. The van der Waals surface area contributed by atoms with E-state index in [4.69, 9.17) is 9.84 Å². The van der Waals surface area contributed by atoms with Gasteiger partial charge >= 0.3 is 5.97 Å². The smallest absolute Gasteiger partial charge is 0.323 e. The Morgan fingerprint density at radius 2 is 1.83 bits per heavy atom. The van der Waals surface area contributed by atoms with Gasteiger partial charge in [0.25, 0.3) is 0 Å². The van der Waals surface area contributed by atoms with E-state index in [0.29, 0.717) is 6.54 Å². The molecule has 1 rings (SSSR count). The predicted molar refractivity (Wildman–Crippen MR) is 67.2 cm³/mol. The third-order valence-electron chi connectivity index (χ3n) is 3.66. The number of nitrogens with zero attached hydrogens (tertiary/aromatic N) is 1. The van der Waals surface area contributed by atoms with Crippen molar-refractivity contribution in [3.05, 3.63) is 0 Å². The lowest BCUT2D eigenvalue weighted by molar-refractivity contribution is -0.147. The fraction of sp³-hybridized carbons (Fsp3) is 0.846. The van der Waals surface area contributed by atoms with E-state index in [0.717, 1.165) is 6.42 Å². The van der Waals surface area contributed by atoms with Crippen molar-refractivity contribution < 1.29 is 19.4 Å². The van der Waals surface area contributed by atoms with Crippen LogP contribution in [0.3, 0.4) is 0 Å². The normalized spacial score (nSPS) is 31.3. The Hall–Kier alpha value is -1.10. The number of hydrogen-bond acceptors (Lipinski definition) is 3. The van der Waals surface area contributed by atoms with E-state index >= 15 is 0 Å². The topological polar surface area (TPSA) is 66.8 Å². The molecule has 5 nitrogen and oxygen atoms in total. The zero-order chi connectivity index (χ0) is 13.9.